The van der Waals surface area contributed by atoms with E-state index in [1.165, 1.54) is 44.9 Å². The molecule has 0 saturated carbocycles. The van der Waals surface area contributed by atoms with Crippen LogP contribution in [0.1, 0.15) is 77.6 Å². The van der Waals surface area contributed by atoms with E-state index >= 15 is 0 Å². The zero-order chi connectivity index (χ0) is 16.3. The van der Waals surface area contributed by atoms with Crippen LogP contribution in [0.15, 0.2) is 42.2 Å². The van der Waals surface area contributed by atoms with Gasteiger partial charge in [0.15, 0.2) is 0 Å². The quantitative estimate of drug-likeness (QED) is 0.235. The summed E-state index contributed by atoms with van der Waals surface area (Å²) in [5.74, 6) is -0.759. The van der Waals surface area contributed by atoms with Crippen molar-refractivity contribution in [2.45, 2.75) is 77.6 Å². The van der Waals surface area contributed by atoms with Crippen LogP contribution in [0.2, 0.25) is 0 Å². The van der Waals surface area contributed by atoms with Crippen LogP contribution in [0.4, 0.5) is 0 Å². The molecule has 0 rings (SSSR count). The summed E-state index contributed by atoms with van der Waals surface area (Å²) in [6, 6.07) is 0. The van der Waals surface area contributed by atoms with E-state index in [1.807, 2.05) is 6.08 Å². The maximum Gasteiger partial charge on any atom is 0.303 e. The Kier molecular flexibility index (Phi) is 16.3. The molecule has 22 heavy (non-hydrogen) atoms. The summed E-state index contributed by atoms with van der Waals surface area (Å²) < 4.78 is 0. The second-order valence-electron chi connectivity index (χ2n) is 5.48. The van der Waals surface area contributed by atoms with Crippen molar-refractivity contribution in [3.63, 3.8) is 0 Å². The van der Waals surface area contributed by atoms with Gasteiger partial charge in [-0.1, -0.05) is 63.3 Å². The number of hydrogen-bond acceptors (Lipinski definition) is 1. The fourth-order valence-corrected chi connectivity index (χ4v) is 2.03. The van der Waals surface area contributed by atoms with Crippen molar-refractivity contribution in [3.05, 3.63) is 42.2 Å². The van der Waals surface area contributed by atoms with Gasteiger partial charge in [0.1, 0.15) is 0 Å². The number of carboxylic acid groups (broad SMARTS) is 1. The van der Waals surface area contributed by atoms with Crippen LogP contribution in [0, 0.1) is 0 Å². The molecule has 124 valence electrons. The van der Waals surface area contributed by atoms with Gasteiger partial charge in [0.05, 0.1) is 0 Å². The lowest BCUT2D eigenvalue weighted by Crippen LogP contribution is -1.91. The molecule has 0 spiro atoms. The smallest absolute Gasteiger partial charge is 0.303 e. The molecule has 0 atom stereocenters. The number of carboxylic acids is 1. The number of allylic oxidation sites excluding steroid dienone is 5. The van der Waals surface area contributed by atoms with Crippen LogP contribution < -0.4 is 0 Å². The molecule has 0 radical (unpaired) electrons. The Balaban J connectivity index is 3.40. The molecule has 0 amide bonds. The molecule has 0 unspecified atom stereocenters. The number of hydrogen-bond donors (Lipinski definition) is 1. The van der Waals surface area contributed by atoms with Crippen molar-refractivity contribution in [2.24, 2.45) is 0 Å². The average Bonchev–Trinajstić information content (AvgIpc) is 2.50. The van der Waals surface area contributed by atoms with Gasteiger partial charge in [0.2, 0.25) is 0 Å². The molecule has 0 aliphatic carbocycles. The molecule has 0 saturated heterocycles. The van der Waals surface area contributed by atoms with E-state index in [9.17, 15) is 4.79 Å². The van der Waals surface area contributed by atoms with Crippen LogP contribution in [0.3, 0.4) is 0 Å². The van der Waals surface area contributed by atoms with Gasteiger partial charge in [-0.05, 0) is 44.3 Å². The zero-order valence-electron chi connectivity index (χ0n) is 14.1. The first-order valence-corrected chi connectivity index (χ1v) is 8.68. The van der Waals surface area contributed by atoms with Crippen LogP contribution in [0.5, 0.6) is 0 Å². The standard InChI is InChI=1S/C20H32O2/c1-2-3-4-5-6-7-8-9-10-11-12-13-14-15-16-17-18-19-20(21)22/h9-10,12-13,15,17H,2-8,11,14,18-19H2,1H3,(H,21,22)/b10-9-,13-12-. The largest absolute Gasteiger partial charge is 0.481 e. The Hall–Kier alpha value is -1.53. The van der Waals surface area contributed by atoms with Crippen molar-refractivity contribution in [1.29, 1.82) is 0 Å². The van der Waals surface area contributed by atoms with Crippen molar-refractivity contribution in [1.82, 2.24) is 0 Å². The minimum absolute atomic E-state index is 0.181. The zero-order valence-corrected chi connectivity index (χ0v) is 14.1. The Morgan fingerprint density at radius 1 is 0.864 bits per heavy atom. The fraction of sp³-hybridized carbons (Fsp3) is 0.600. The number of carbonyl (C=O) groups is 1. The number of aliphatic carboxylic acids is 1. The average molecular weight is 304 g/mol. The van der Waals surface area contributed by atoms with Gasteiger partial charge < -0.3 is 5.11 Å². The summed E-state index contributed by atoms with van der Waals surface area (Å²) in [6.45, 7) is 2.25. The topological polar surface area (TPSA) is 37.3 Å². The molecule has 0 aliphatic heterocycles. The predicted octanol–water partition coefficient (Wildman–Crippen LogP) is 6.21. The molecule has 2 heteroatoms. The lowest BCUT2D eigenvalue weighted by molar-refractivity contribution is -0.136. The van der Waals surface area contributed by atoms with Crippen LogP contribution >= 0.6 is 0 Å². The monoisotopic (exact) mass is 304 g/mol. The fourth-order valence-electron chi connectivity index (χ4n) is 2.03. The van der Waals surface area contributed by atoms with E-state index in [4.69, 9.17) is 5.11 Å². The van der Waals surface area contributed by atoms with Crippen LogP contribution in [0.25, 0.3) is 0 Å². The first-order valence-electron chi connectivity index (χ1n) is 8.68. The molecule has 0 bridgehead atoms. The van der Waals surface area contributed by atoms with E-state index in [1.54, 1.807) is 6.08 Å². The number of rotatable bonds is 14. The first-order chi connectivity index (χ1) is 10.8. The molecule has 0 heterocycles. The third kappa shape index (κ3) is 18.5. The molecule has 0 aromatic carbocycles. The summed E-state index contributed by atoms with van der Waals surface area (Å²) in [6.07, 6.45) is 24.4. The highest BCUT2D eigenvalue weighted by molar-refractivity contribution is 5.66. The third-order valence-electron chi connectivity index (χ3n) is 3.32. The van der Waals surface area contributed by atoms with Gasteiger partial charge in [-0.15, -0.1) is 5.73 Å². The summed E-state index contributed by atoms with van der Waals surface area (Å²) in [4.78, 5) is 10.3. The Labute approximate surface area is 136 Å². The maximum atomic E-state index is 10.3. The van der Waals surface area contributed by atoms with Crippen molar-refractivity contribution < 1.29 is 9.90 Å². The highest BCUT2D eigenvalue weighted by atomic mass is 16.4. The van der Waals surface area contributed by atoms with Crippen LogP contribution in [-0.4, -0.2) is 11.1 Å². The highest BCUT2D eigenvalue weighted by Crippen LogP contribution is 2.07. The maximum absolute atomic E-state index is 10.3. The Bertz CT molecular complexity index is 371. The summed E-state index contributed by atoms with van der Waals surface area (Å²) in [7, 11) is 0. The molecule has 0 aromatic heterocycles. The van der Waals surface area contributed by atoms with Crippen LogP contribution in [-0.2, 0) is 4.79 Å². The van der Waals surface area contributed by atoms with Gasteiger partial charge in [-0.3, -0.25) is 4.79 Å². The molecule has 1 N–H and O–H groups in total. The SMILES string of the molecule is CCCCCCCC/C=C\C/C=C\CC=C=CCCC(=O)O. The van der Waals surface area contributed by atoms with Gasteiger partial charge >= 0.3 is 5.97 Å². The highest BCUT2D eigenvalue weighted by Gasteiger charge is 1.90. The Morgan fingerprint density at radius 3 is 2.32 bits per heavy atom. The van der Waals surface area contributed by atoms with Crippen molar-refractivity contribution in [2.75, 3.05) is 0 Å². The van der Waals surface area contributed by atoms with Gasteiger partial charge in [-0.2, -0.15) is 0 Å². The van der Waals surface area contributed by atoms with Crippen molar-refractivity contribution in [3.8, 4) is 0 Å². The minimum Gasteiger partial charge on any atom is -0.481 e. The second kappa shape index (κ2) is 17.5. The normalized spacial score (nSPS) is 11.0. The van der Waals surface area contributed by atoms with E-state index in [2.05, 4.69) is 37.0 Å². The molecule has 0 aromatic rings. The van der Waals surface area contributed by atoms with E-state index in [0.29, 0.717) is 6.42 Å². The summed E-state index contributed by atoms with van der Waals surface area (Å²) in [5, 5.41) is 8.46. The third-order valence-corrected chi connectivity index (χ3v) is 3.32. The molecule has 2 nitrogen and oxygen atoms in total. The summed E-state index contributed by atoms with van der Waals surface area (Å²) >= 11 is 0. The second-order valence-corrected chi connectivity index (χ2v) is 5.48. The van der Waals surface area contributed by atoms with Crippen molar-refractivity contribution >= 4 is 5.97 Å². The summed E-state index contributed by atoms with van der Waals surface area (Å²) in [5.41, 5.74) is 3.00. The molecular weight excluding hydrogens is 272 g/mol. The minimum atomic E-state index is -0.759. The predicted molar refractivity (Wildman–Crippen MR) is 95.0 cm³/mol. The number of unbranched alkanes of at least 4 members (excludes halogenated alkanes) is 6. The lowest BCUT2D eigenvalue weighted by atomic mass is 10.1. The molecule has 0 fully saturated rings. The molecule has 0 aliphatic rings. The van der Waals surface area contributed by atoms with Gasteiger partial charge in [0.25, 0.3) is 0 Å². The lowest BCUT2D eigenvalue weighted by Gasteiger charge is -1.97. The first kappa shape index (κ1) is 20.5. The van der Waals surface area contributed by atoms with E-state index in [0.717, 1.165) is 12.8 Å². The van der Waals surface area contributed by atoms with E-state index < -0.39 is 5.97 Å². The van der Waals surface area contributed by atoms with Gasteiger partial charge in [0, 0.05) is 6.42 Å². The van der Waals surface area contributed by atoms with E-state index in [-0.39, 0.29) is 6.42 Å². The molecular formula is C20H32O2. The van der Waals surface area contributed by atoms with Gasteiger partial charge in [-0.25, -0.2) is 0 Å². The Morgan fingerprint density at radius 2 is 1.55 bits per heavy atom.